The summed E-state index contributed by atoms with van der Waals surface area (Å²) in [5.41, 5.74) is 0.842. The number of carbonyl (C=O) groups is 2. The first kappa shape index (κ1) is 32.5. The number of hydrogen-bond donors (Lipinski definition) is 3. The van der Waals surface area contributed by atoms with E-state index in [9.17, 15) is 19.8 Å². The standard InChI is InChI=1S/C42H40N2O4/c1-40(2,3)37(39(46)47)42(48,35-23-22-29-26-31(38(45)43-4)21-20-30(29)27-35)36-24-25-44(28-36)41(32-14-8-5-9-15-32,33-16-10-6-11-17-33)34-18-12-7-13-19-34/h5-28,37,48H,1-4H3,(H,43,45)(H,46,47)/t37?,42-/m0/s1. The number of carboxylic acid groups (broad SMARTS) is 1. The number of fused-ring (bicyclic) bond motifs is 1. The molecule has 0 radical (unpaired) electrons. The van der Waals surface area contributed by atoms with Crippen LogP contribution in [-0.4, -0.2) is 33.7 Å². The molecule has 1 unspecified atom stereocenters. The summed E-state index contributed by atoms with van der Waals surface area (Å²) in [7, 11) is 1.59. The van der Waals surface area contributed by atoms with Crippen LogP contribution in [0.15, 0.2) is 146 Å². The maximum Gasteiger partial charge on any atom is 0.310 e. The van der Waals surface area contributed by atoms with Crippen LogP contribution in [0.1, 0.15) is 58.9 Å². The Bertz CT molecular complexity index is 1970. The van der Waals surface area contributed by atoms with E-state index in [0.29, 0.717) is 16.7 Å². The lowest BCUT2D eigenvalue weighted by Crippen LogP contribution is -2.47. The third-order valence-electron chi connectivity index (χ3n) is 9.40. The highest BCUT2D eigenvalue weighted by Crippen LogP contribution is 2.48. The van der Waals surface area contributed by atoms with Crippen LogP contribution in [0, 0.1) is 11.3 Å². The Morgan fingerprint density at radius 2 is 1.15 bits per heavy atom. The van der Waals surface area contributed by atoms with Gasteiger partial charge in [0.2, 0.25) is 0 Å². The summed E-state index contributed by atoms with van der Waals surface area (Å²) in [6, 6.07) is 43.3. The predicted molar refractivity (Wildman–Crippen MR) is 190 cm³/mol. The average Bonchev–Trinajstić information content (AvgIpc) is 3.60. The van der Waals surface area contributed by atoms with Crippen LogP contribution < -0.4 is 5.32 Å². The number of nitrogens with one attached hydrogen (secondary N) is 1. The first-order valence-corrected chi connectivity index (χ1v) is 16.1. The highest BCUT2D eigenvalue weighted by molar-refractivity contribution is 5.98. The summed E-state index contributed by atoms with van der Waals surface area (Å²) in [5, 5.41) is 28.1. The molecule has 3 N–H and O–H groups in total. The summed E-state index contributed by atoms with van der Waals surface area (Å²) in [4.78, 5) is 25.5. The van der Waals surface area contributed by atoms with Crippen LogP contribution in [0.25, 0.3) is 10.8 Å². The van der Waals surface area contributed by atoms with Gasteiger partial charge in [0.1, 0.15) is 11.1 Å². The quantitative estimate of drug-likeness (QED) is 0.141. The SMILES string of the molecule is CNC(=O)c1ccc2cc([C@](O)(c3ccn(C(c4ccccc4)(c4ccccc4)c4ccccc4)c3)C(C(=O)O)C(C)(C)C)ccc2c1. The van der Waals surface area contributed by atoms with E-state index in [0.717, 1.165) is 27.5 Å². The molecule has 5 aromatic carbocycles. The van der Waals surface area contributed by atoms with Crippen molar-refractivity contribution in [2.45, 2.75) is 31.9 Å². The van der Waals surface area contributed by atoms with Crippen molar-refractivity contribution in [3.05, 3.63) is 179 Å². The number of rotatable bonds is 9. The van der Waals surface area contributed by atoms with Gasteiger partial charge in [0.25, 0.3) is 5.91 Å². The summed E-state index contributed by atoms with van der Waals surface area (Å²) in [5.74, 6) is -2.52. The molecule has 6 heteroatoms. The van der Waals surface area contributed by atoms with Crippen molar-refractivity contribution in [1.82, 2.24) is 9.88 Å². The molecule has 0 aliphatic heterocycles. The number of carboxylic acids is 1. The Balaban J connectivity index is 1.63. The van der Waals surface area contributed by atoms with Crippen molar-refractivity contribution in [3.8, 4) is 0 Å². The van der Waals surface area contributed by atoms with E-state index in [4.69, 9.17) is 0 Å². The minimum Gasteiger partial charge on any atom is -0.481 e. The lowest BCUT2D eigenvalue weighted by molar-refractivity contribution is -0.158. The lowest BCUT2D eigenvalue weighted by atomic mass is 9.65. The molecule has 48 heavy (non-hydrogen) atoms. The Hall–Kier alpha value is -5.46. The van der Waals surface area contributed by atoms with Gasteiger partial charge in [0.05, 0.1) is 5.92 Å². The molecule has 6 rings (SSSR count). The van der Waals surface area contributed by atoms with Crippen molar-refractivity contribution in [2.24, 2.45) is 11.3 Å². The molecule has 1 amide bonds. The molecule has 0 spiro atoms. The van der Waals surface area contributed by atoms with Gasteiger partial charge >= 0.3 is 5.97 Å². The number of nitrogens with zero attached hydrogens (tertiary/aromatic N) is 1. The molecule has 0 fully saturated rings. The highest BCUT2D eigenvalue weighted by atomic mass is 16.4. The van der Waals surface area contributed by atoms with E-state index in [-0.39, 0.29) is 5.91 Å². The summed E-state index contributed by atoms with van der Waals surface area (Å²) in [6.45, 7) is 5.52. The van der Waals surface area contributed by atoms with Crippen LogP contribution in [0.4, 0.5) is 0 Å². The topological polar surface area (TPSA) is 91.6 Å². The number of aromatic nitrogens is 1. The monoisotopic (exact) mass is 636 g/mol. The number of carbonyl (C=O) groups excluding carboxylic acids is 1. The van der Waals surface area contributed by atoms with Gasteiger partial charge in [-0.3, -0.25) is 9.59 Å². The summed E-state index contributed by atoms with van der Waals surface area (Å²) < 4.78 is 2.09. The zero-order valence-corrected chi connectivity index (χ0v) is 27.6. The smallest absolute Gasteiger partial charge is 0.310 e. The van der Waals surface area contributed by atoms with Crippen LogP contribution in [0.3, 0.4) is 0 Å². The van der Waals surface area contributed by atoms with Crippen molar-refractivity contribution < 1.29 is 19.8 Å². The first-order valence-electron chi connectivity index (χ1n) is 16.1. The fourth-order valence-electron chi connectivity index (χ4n) is 7.26. The average molecular weight is 637 g/mol. The van der Waals surface area contributed by atoms with Crippen LogP contribution in [-0.2, 0) is 15.9 Å². The number of amides is 1. The second kappa shape index (κ2) is 12.6. The van der Waals surface area contributed by atoms with Crippen molar-refractivity contribution in [3.63, 3.8) is 0 Å². The molecule has 6 nitrogen and oxygen atoms in total. The molecule has 0 bridgehead atoms. The van der Waals surface area contributed by atoms with Gasteiger partial charge in [0, 0.05) is 30.6 Å². The Kier molecular flexibility index (Phi) is 8.54. The Labute approximate surface area is 281 Å². The molecule has 0 saturated carbocycles. The largest absolute Gasteiger partial charge is 0.481 e. The van der Waals surface area contributed by atoms with Gasteiger partial charge in [-0.15, -0.1) is 0 Å². The van der Waals surface area contributed by atoms with E-state index in [2.05, 4.69) is 46.3 Å². The zero-order valence-electron chi connectivity index (χ0n) is 27.6. The fourth-order valence-corrected chi connectivity index (χ4v) is 7.26. The summed E-state index contributed by atoms with van der Waals surface area (Å²) >= 11 is 0. The molecule has 0 aliphatic rings. The minimum atomic E-state index is -1.93. The van der Waals surface area contributed by atoms with Crippen molar-refractivity contribution >= 4 is 22.6 Å². The normalized spacial score (nSPS) is 13.9. The number of benzene rings is 5. The van der Waals surface area contributed by atoms with Crippen LogP contribution in [0.5, 0.6) is 0 Å². The third kappa shape index (κ3) is 5.48. The van der Waals surface area contributed by atoms with E-state index in [1.165, 1.54) is 0 Å². The minimum absolute atomic E-state index is 0.198. The predicted octanol–water partition coefficient (Wildman–Crippen LogP) is 7.82. The number of aliphatic carboxylic acids is 1. The molecular formula is C42H40N2O4. The zero-order chi connectivity index (χ0) is 34.1. The van der Waals surface area contributed by atoms with E-state index in [1.807, 2.05) is 112 Å². The molecule has 1 aromatic heterocycles. The molecule has 0 saturated heterocycles. The molecular weight excluding hydrogens is 596 g/mol. The summed E-state index contributed by atoms with van der Waals surface area (Å²) in [6.07, 6.45) is 3.83. The van der Waals surface area contributed by atoms with Gasteiger partial charge < -0.3 is 20.1 Å². The lowest BCUT2D eigenvalue weighted by Gasteiger charge is -2.42. The van der Waals surface area contributed by atoms with E-state index >= 15 is 0 Å². The second-order valence-electron chi connectivity index (χ2n) is 13.4. The Morgan fingerprint density at radius 1 is 0.646 bits per heavy atom. The van der Waals surface area contributed by atoms with Gasteiger partial charge in [-0.05, 0) is 62.7 Å². The molecule has 2 atom stereocenters. The van der Waals surface area contributed by atoms with Crippen LogP contribution >= 0.6 is 0 Å². The molecule has 0 aliphatic carbocycles. The van der Waals surface area contributed by atoms with Crippen molar-refractivity contribution in [1.29, 1.82) is 0 Å². The Morgan fingerprint density at radius 3 is 1.62 bits per heavy atom. The molecule has 1 heterocycles. The van der Waals surface area contributed by atoms with Gasteiger partial charge in [0.15, 0.2) is 0 Å². The maximum absolute atomic E-state index is 13.2. The number of aliphatic hydroxyl groups is 1. The highest BCUT2D eigenvalue weighted by Gasteiger charge is 2.52. The maximum atomic E-state index is 13.2. The fraction of sp³-hybridized carbons (Fsp3) is 0.190. The third-order valence-corrected chi connectivity index (χ3v) is 9.40. The van der Waals surface area contributed by atoms with Crippen LogP contribution in [0.2, 0.25) is 0 Å². The molecule has 6 aromatic rings. The van der Waals surface area contributed by atoms with Gasteiger partial charge in [-0.1, -0.05) is 130 Å². The van der Waals surface area contributed by atoms with Crippen molar-refractivity contribution in [2.75, 3.05) is 7.05 Å². The second-order valence-corrected chi connectivity index (χ2v) is 13.4. The van der Waals surface area contributed by atoms with E-state index in [1.54, 1.807) is 25.2 Å². The first-order chi connectivity index (χ1) is 23.0. The van der Waals surface area contributed by atoms with E-state index < -0.39 is 28.4 Å². The molecule has 242 valence electrons. The van der Waals surface area contributed by atoms with Gasteiger partial charge in [-0.25, -0.2) is 0 Å². The van der Waals surface area contributed by atoms with Gasteiger partial charge in [-0.2, -0.15) is 0 Å². The number of hydrogen-bond acceptors (Lipinski definition) is 3.